The molecule has 5 heteroatoms. The van der Waals surface area contributed by atoms with Crippen LogP contribution in [0.3, 0.4) is 0 Å². The number of aromatic amines is 1. The van der Waals surface area contributed by atoms with Gasteiger partial charge < -0.3 is 10.3 Å². The predicted molar refractivity (Wildman–Crippen MR) is 87.8 cm³/mol. The number of rotatable bonds is 4. The number of hydrogen-bond donors (Lipinski definition) is 2. The van der Waals surface area contributed by atoms with E-state index >= 15 is 0 Å². The highest BCUT2D eigenvalue weighted by atomic mass is 35.5. The van der Waals surface area contributed by atoms with Gasteiger partial charge in [0.2, 0.25) is 0 Å². The highest BCUT2D eigenvalue weighted by Crippen LogP contribution is 2.19. The van der Waals surface area contributed by atoms with Gasteiger partial charge in [-0.3, -0.25) is 0 Å². The standard InChI is InChI=1S/C16H15Cl2N3/c1-10(11-2-4-12(17)5-3-11)19-9-16-20-14-7-6-13(18)8-15(14)21-16/h2-8,10,19H,9H2,1H3,(H,20,21). The quantitative estimate of drug-likeness (QED) is 0.730. The monoisotopic (exact) mass is 319 g/mol. The predicted octanol–water partition coefficient (Wildman–Crippen LogP) is 4.72. The van der Waals surface area contributed by atoms with Crippen molar-refractivity contribution in [2.45, 2.75) is 19.5 Å². The first-order valence-corrected chi connectivity index (χ1v) is 7.50. The number of nitrogens with one attached hydrogen (secondary N) is 2. The summed E-state index contributed by atoms with van der Waals surface area (Å²) in [4.78, 5) is 7.81. The molecule has 1 unspecified atom stereocenters. The first-order chi connectivity index (χ1) is 10.1. The lowest BCUT2D eigenvalue weighted by atomic mass is 10.1. The van der Waals surface area contributed by atoms with Crippen LogP contribution in [-0.4, -0.2) is 9.97 Å². The van der Waals surface area contributed by atoms with Gasteiger partial charge in [-0.2, -0.15) is 0 Å². The molecule has 3 rings (SSSR count). The fourth-order valence-electron chi connectivity index (χ4n) is 2.24. The smallest absolute Gasteiger partial charge is 0.121 e. The minimum Gasteiger partial charge on any atom is -0.341 e. The van der Waals surface area contributed by atoms with Crippen molar-refractivity contribution in [1.29, 1.82) is 0 Å². The number of hydrogen-bond acceptors (Lipinski definition) is 2. The zero-order chi connectivity index (χ0) is 14.8. The van der Waals surface area contributed by atoms with E-state index < -0.39 is 0 Å². The van der Waals surface area contributed by atoms with Gasteiger partial charge in [0.1, 0.15) is 5.82 Å². The molecule has 0 aliphatic carbocycles. The van der Waals surface area contributed by atoms with Crippen LogP contribution >= 0.6 is 23.2 Å². The molecular weight excluding hydrogens is 305 g/mol. The summed E-state index contributed by atoms with van der Waals surface area (Å²) in [6.45, 7) is 2.78. The first-order valence-electron chi connectivity index (χ1n) is 6.75. The Morgan fingerprint density at radius 3 is 2.57 bits per heavy atom. The minimum atomic E-state index is 0.221. The molecule has 0 spiro atoms. The molecule has 2 N–H and O–H groups in total. The largest absolute Gasteiger partial charge is 0.341 e. The van der Waals surface area contributed by atoms with E-state index in [0.717, 1.165) is 21.9 Å². The van der Waals surface area contributed by atoms with E-state index in [-0.39, 0.29) is 6.04 Å². The molecule has 3 aromatic rings. The second-order valence-electron chi connectivity index (χ2n) is 5.00. The lowest BCUT2D eigenvalue weighted by molar-refractivity contribution is 0.563. The van der Waals surface area contributed by atoms with Crippen LogP contribution in [0.1, 0.15) is 24.4 Å². The van der Waals surface area contributed by atoms with Gasteiger partial charge in [0.25, 0.3) is 0 Å². The van der Waals surface area contributed by atoms with Gasteiger partial charge in [0.15, 0.2) is 0 Å². The lowest BCUT2D eigenvalue weighted by Gasteiger charge is -2.13. The molecule has 1 heterocycles. The summed E-state index contributed by atoms with van der Waals surface area (Å²) in [5.41, 5.74) is 3.08. The molecule has 21 heavy (non-hydrogen) atoms. The van der Waals surface area contributed by atoms with Crippen molar-refractivity contribution in [2.75, 3.05) is 0 Å². The van der Waals surface area contributed by atoms with Crippen LogP contribution in [0.2, 0.25) is 10.0 Å². The highest BCUT2D eigenvalue weighted by Gasteiger charge is 2.07. The summed E-state index contributed by atoms with van der Waals surface area (Å²) in [5.74, 6) is 0.896. The van der Waals surface area contributed by atoms with Crippen molar-refractivity contribution in [1.82, 2.24) is 15.3 Å². The third-order valence-corrected chi connectivity index (χ3v) is 3.93. The van der Waals surface area contributed by atoms with Crippen LogP contribution in [0.5, 0.6) is 0 Å². The van der Waals surface area contributed by atoms with Gasteiger partial charge in [0.05, 0.1) is 17.6 Å². The molecule has 0 fully saturated rings. The van der Waals surface area contributed by atoms with Crippen molar-refractivity contribution in [3.8, 4) is 0 Å². The molecule has 1 aromatic heterocycles. The molecule has 0 amide bonds. The molecule has 0 aliphatic heterocycles. The molecule has 108 valence electrons. The van der Waals surface area contributed by atoms with E-state index in [4.69, 9.17) is 23.2 Å². The summed E-state index contributed by atoms with van der Waals surface area (Å²) in [5, 5.41) is 4.90. The number of benzene rings is 2. The number of nitrogens with zero attached hydrogens (tertiary/aromatic N) is 1. The average molecular weight is 320 g/mol. The topological polar surface area (TPSA) is 40.7 Å². The van der Waals surface area contributed by atoms with E-state index in [1.54, 1.807) is 0 Å². The van der Waals surface area contributed by atoms with Gasteiger partial charge in [-0.15, -0.1) is 0 Å². The fourth-order valence-corrected chi connectivity index (χ4v) is 2.54. The highest BCUT2D eigenvalue weighted by molar-refractivity contribution is 6.31. The van der Waals surface area contributed by atoms with Crippen molar-refractivity contribution in [3.05, 3.63) is 63.9 Å². The summed E-state index contributed by atoms with van der Waals surface area (Å²) < 4.78 is 0. The molecular formula is C16H15Cl2N3. The summed E-state index contributed by atoms with van der Waals surface area (Å²) in [6.07, 6.45) is 0. The lowest BCUT2D eigenvalue weighted by Crippen LogP contribution is -2.18. The third-order valence-electron chi connectivity index (χ3n) is 3.44. The second kappa shape index (κ2) is 6.06. The normalized spacial score (nSPS) is 12.7. The van der Waals surface area contributed by atoms with Crippen LogP contribution in [0.25, 0.3) is 11.0 Å². The van der Waals surface area contributed by atoms with E-state index in [1.165, 1.54) is 5.56 Å². The molecule has 3 nitrogen and oxygen atoms in total. The zero-order valence-electron chi connectivity index (χ0n) is 11.5. The van der Waals surface area contributed by atoms with Crippen LogP contribution in [0, 0.1) is 0 Å². The van der Waals surface area contributed by atoms with Crippen LogP contribution in [0.15, 0.2) is 42.5 Å². The maximum Gasteiger partial charge on any atom is 0.121 e. The molecule has 0 saturated carbocycles. The first kappa shape index (κ1) is 14.4. The molecule has 0 aliphatic rings. The molecule has 0 bridgehead atoms. The Morgan fingerprint density at radius 2 is 1.81 bits per heavy atom. The average Bonchev–Trinajstić information content (AvgIpc) is 2.87. The van der Waals surface area contributed by atoms with Crippen LogP contribution < -0.4 is 5.32 Å². The number of H-pyrrole nitrogens is 1. The van der Waals surface area contributed by atoms with Crippen molar-refractivity contribution >= 4 is 34.2 Å². The Bertz CT molecular complexity index is 750. The number of fused-ring (bicyclic) bond motifs is 1. The molecule has 1 atom stereocenters. The number of aromatic nitrogens is 2. The van der Waals surface area contributed by atoms with Gasteiger partial charge in [-0.1, -0.05) is 35.3 Å². The molecule has 0 saturated heterocycles. The van der Waals surface area contributed by atoms with Crippen molar-refractivity contribution < 1.29 is 0 Å². The maximum absolute atomic E-state index is 5.97. The Balaban J connectivity index is 1.69. The van der Waals surface area contributed by atoms with E-state index in [9.17, 15) is 0 Å². The summed E-state index contributed by atoms with van der Waals surface area (Å²) in [6, 6.07) is 13.7. The molecule has 2 aromatic carbocycles. The van der Waals surface area contributed by atoms with Gasteiger partial charge >= 0.3 is 0 Å². The summed E-state index contributed by atoms with van der Waals surface area (Å²) >= 11 is 11.9. The third kappa shape index (κ3) is 3.38. The van der Waals surface area contributed by atoms with E-state index in [2.05, 4.69) is 22.2 Å². The van der Waals surface area contributed by atoms with Crippen molar-refractivity contribution in [3.63, 3.8) is 0 Å². The van der Waals surface area contributed by atoms with E-state index in [0.29, 0.717) is 11.6 Å². The van der Waals surface area contributed by atoms with Gasteiger partial charge in [-0.05, 0) is 42.8 Å². The Morgan fingerprint density at radius 1 is 1.10 bits per heavy atom. The number of imidazole rings is 1. The van der Waals surface area contributed by atoms with Crippen molar-refractivity contribution in [2.24, 2.45) is 0 Å². The van der Waals surface area contributed by atoms with Gasteiger partial charge in [-0.25, -0.2) is 4.98 Å². The zero-order valence-corrected chi connectivity index (χ0v) is 13.0. The minimum absolute atomic E-state index is 0.221. The van der Waals surface area contributed by atoms with Crippen LogP contribution in [-0.2, 0) is 6.54 Å². The van der Waals surface area contributed by atoms with Crippen LogP contribution in [0.4, 0.5) is 0 Å². The fraction of sp³-hybridized carbons (Fsp3) is 0.188. The molecule has 0 radical (unpaired) electrons. The second-order valence-corrected chi connectivity index (χ2v) is 5.87. The maximum atomic E-state index is 5.97. The Kier molecular flexibility index (Phi) is 4.15. The Labute approximate surface area is 133 Å². The summed E-state index contributed by atoms with van der Waals surface area (Å²) in [7, 11) is 0. The SMILES string of the molecule is CC(NCc1nc2ccc(Cl)cc2[nH]1)c1ccc(Cl)cc1. The van der Waals surface area contributed by atoms with E-state index in [1.807, 2.05) is 42.5 Å². The number of halogens is 2. The Hall–Kier alpha value is -1.55. The van der Waals surface area contributed by atoms with Gasteiger partial charge in [0, 0.05) is 16.1 Å².